The highest BCUT2D eigenvalue weighted by Crippen LogP contribution is 2.24. The van der Waals surface area contributed by atoms with Crippen molar-refractivity contribution in [3.63, 3.8) is 0 Å². The lowest BCUT2D eigenvalue weighted by Gasteiger charge is -2.23. The molecule has 6 nitrogen and oxygen atoms in total. The minimum absolute atomic E-state index is 0.167. The zero-order valence-corrected chi connectivity index (χ0v) is 13.2. The fourth-order valence-corrected chi connectivity index (χ4v) is 2.39. The van der Waals surface area contributed by atoms with E-state index < -0.39 is 5.97 Å². The number of halogens is 1. The van der Waals surface area contributed by atoms with Crippen molar-refractivity contribution in [3.8, 4) is 0 Å². The number of hydrogen-bond acceptors (Lipinski definition) is 5. The summed E-state index contributed by atoms with van der Waals surface area (Å²) in [6, 6.07) is 4.54. The van der Waals surface area contributed by atoms with E-state index in [0.717, 1.165) is 0 Å². The maximum Gasteiger partial charge on any atom is 0.338 e. The van der Waals surface area contributed by atoms with Crippen LogP contribution >= 0.6 is 15.9 Å². The number of hydrogen-bond donors (Lipinski definition) is 2. The maximum atomic E-state index is 12.1. The number of esters is 1. The third kappa shape index (κ3) is 4.26. The first-order chi connectivity index (χ1) is 10.1. The van der Waals surface area contributed by atoms with Gasteiger partial charge in [-0.05, 0) is 41.1 Å². The normalized spacial score (nSPS) is 18.1. The van der Waals surface area contributed by atoms with Gasteiger partial charge in [-0.15, -0.1) is 0 Å². The Hall–Kier alpha value is -1.44. The lowest BCUT2D eigenvalue weighted by Crippen LogP contribution is -2.48. The second kappa shape index (κ2) is 7.53. The molecule has 2 rings (SSSR count). The number of benzene rings is 1. The average molecular weight is 357 g/mol. The number of nitrogens with one attached hydrogen (secondary N) is 2. The van der Waals surface area contributed by atoms with E-state index in [9.17, 15) is 9.59 Å². The molecule has 1 aromatic rings. The molecule has 1 saturated heterocycles. The van der Waals surface area contributed by atoms with Crippen molar-refractivity contribution in [2.45, 2.75) is 13.0 Å². The minimum atomic E-state index is -0.390. The van der Waals surface area contributed by atoms with Crippen LogP contribution in [0.2, 0.25) is 0 Å². The third-order valence-electron chi connectivity index (χ3n) is 2.98. The standard InChI is InChI=1S/C14H17BrN2O4/c1-2-21-14(19)9-3-4-11(10(15)7-9)17-13(18)12-8-20-6-5-16-12/h3-4,7,12,16H,2,5-6,8H2,1H3,(H,17,18). The van der Waals surface area contributed by atoms with Crippen LogP contribution < -0.4 is 10.6 Å². The minimum Gasteiger partial charge on any atom is -0.462 e. The summed E-state index contributed by atoms with van der Waals surface area (Å²) in [6.45, 7) is 3.69. The molecule has 0 aliphatic carbocycles. The van der Waals surface area contributed by atoms with E-state index in [4.69, 9.17) is 9.47 Å². The maximum absolute atomic E-state index is 12.1. The van der Waals surface area contributed by atoms with Crippen LogP contribution in [-0.2, 0) is 14.3 Å². The van der Waals surface area contributed by atoms with Gasteiger partial charge in [-0.25, -0.2) is 4.79 Å². The Bertz CT molecular complexity index is 530. The van der Waals surface area contributed by atoms with Crippen LogP contribution in [-0.4, -0.2) is 44.3 Å². The smallest absolute Gasteiger partial charge is 0.338 e. The highest BCUT2D eigenvalue weighted by atomic mass is 79.9. The van der Waals surface area contributed by atoms with Crippen LogP contribution in [0.5, 0.6) is 0 Å². The summed E-state index contributed by atoms with van der Waals surface area (Å²) in [6.07, 6.45) is 0. The Kier molecular flexibility index (Phi) is 5.72. The molecule has 7 heteroatoms. The molecule has 1 aliphatic rings. The lowest BCUT2D eigenvalue weighted by molar-refractivity contribution is -0.120. The molecule has 0 saturated carbocycles. The molecule has 1 atom stereocenters. The Morgan fingerprint density at radius 2 is 2.33 bits per heavy atom. The van der Waals surface area contributed by atoms with Gasteiger partial charge >= 0.3 is 5.97 Å². The quantitative estimate of drug-likeness (QED) is 0.800. The lowest BCUT2D eigenvalue weighted by atomic mass is 10.2. The predicted molar refractivity (Wildman–Crippen MR) is 81.3 cm³/mol. The first-order valence-electron chi connectivity index (χ1n) is 6.70. The molecule has 21 heavy (non-hydrogen) atoms. The number of carbonyl (C=O) groups is 2. The largest absolute Gasteiger partial charge is 0.462 e. The van der Waals surface area contributed by atoms with Gasteiger partial charge in [0.15, 0.2) is 0 Å². The first kappa shape index (κ1) is 15.9. The summed E-state index contributed by atoms with van der Waals surface area (Å²) >= 11 is 3.34. The van der Waals surface area contributed by atoms with E-state index in [-0.39, 0.29) is 11.9 Å². The molecule has 1 amide bonds. The number of morpholine rings is 1. The van der Waals surface area contributed by atoms with Crippen molar-refractivity contribution >= 4 is 33.5 Å². The molecule has 0 bridgehead atoms. The van der Waals surface area contributed by atoms with Gasteiger partial charge in [0.1, 0.15) is 6.04 Å². The van der Waals surface area contributed by atoms with Crippen LogP contribution in [0.4, 0.5) is 5.69 Å². The Morgan fingerprint density at radius 3 is 2.95 bits per heavy atom. The zero-order chi connectivity index (χ0) is 15.2. The van der Waals surface area contributed by atoms with E-state index in [2.05, 4.69) is 26.6 Å². The van der Waals surface area contributed by atoms with Crippen molar-refractivity contribution in [1.82, 2.24) is 5.32 Å². The fourth-order valence-electron chi connectivity index (χ4n) is 1.91. The first-order valence-corrected chi connectivity index (χ1v) is 7.49. The predicted octanol–water partition coefficient (Wildman–Crippen LogP) is 1.55. The molecule has 1 aliphatic heterocycles. The van der Waals surface area contributed by atoms with Gasteiger partial charge in [-0.3, -0.25) is 4.79 Å². The molecule has 1 unspecified atom stereocenters. The molecule has 1 aromatic carbocycles. The summed E-state index contributed by atoms with van der Waals surface area (Å²) in [7, 11) is 0. The highest BCUT2D eigenvalue weighted by Gasteiger charge is 2.22. The average Bonchev–Trinajstić information content (AvgIpc) is 2.50. The van der Waals surface area contributed by atoms with Crippen LogP contribution in [0.3, 0.4) is 0 Å². The number of carbonyl (C=O) groups excluding carboxylic acids is 2. The van der Waals surface area contributed by atoms with Crippen LogP contribution in [0.1, 0.15) is 17.3 Å². The van der Waals surface area contributed by atoms with Gasteiger partial charge in [0.05, 0.1) is 31.1 Å². The summed E-state index contributed by atoms with van der Waals surface area (Å²) in [5.41, 5.74) is 1.03. The van der Waals surface area contributed by atoms with E-state index in [1.165, 1.54) is 0 Å². The molecule has 2 N–H and O–H groups in total. The van der Waals surface area contributed by atoms with Crippen molar-refractivity contribution in [2.75, 3.05) is 31.7 Å². The van der Waals surface area contributed by atoms with Gasteiger partial charge in [0, 0.05) is 11.0 Å². The second-order valence-electron chi connectivity index (χ2n) is 4.49. The number of rotatable bonds is 4. The third-order valence-corrected chi connectivity index (χ3v) is 3.63. The van der Waals surface area contributed by atoms with E-state index >= 15 is 0 Å². The SMILES string of the molecule is CCOC(=O)c1ccc(NC(=O)C2COCCN2)c(Br)c1. The van der Waals surface area contributed by atoms with Gasteiger partial charge in [0.2, 0.25) is 5.91 Å². The number of ether oxygens (including phenoxy) is 2. The highest BCUT2D eigenvalue weighted by molar-refractivity contribution is 9.10. The van der Waals surface area contributed by atoms with E-state index in [1.54, 1.807) is 25.1 Å². The molecule has 0 radical (unpaired) electrons. The van der Waals surface area contributed by atoms with Crippen LogP contribution in [0, 0.1) is 0 Å². The monoisotopic (exact) mass is 356 g/mol. The number of anilines is 1. The Balaban J connectivity index is 2.03. The van der Waals surface area contributed by atoms with Crippen LogP contribution in [0.15, 0.2) is 22.7 Å². The fraction of sp³-hybridized carbons (Fsp3) is 0.429. The zero-order valence-electron chi connectivity index (χ0n) is 11.6. The Morgan fingerprint density at radius 1 is 1.52 bits per heavy atom. The van der Waals surface area contributed by atoms with Gasteiger partial charge in [-0.2, -0.15) is 0 Å². The molecule has 1 fully saturated rings. The molecule has 0 aromatic heterocycles. The topological polar surface area (TPSA) is 76.7 Å². The molecule has 114 valence electrons. The van der Waals surface area contributed by atoms with Gasteiger partial charge in [0.25, 0.3) is 0 Å². The Labute approximate surface area is 131 Å². The summed E-state index contributed by atoms with van der Waals surface area (Å²) < 4.78 is 10.8. The van der Waals surface area contributed by atoms with E-state index in [0.29, 0.717) is 42.1 Å². The van der Waals surface area contributed by atoms with Gasteiger partial charge in [-0.1, -0.05) is 0 Å². The van der Waals surface area contributed by atoms with Crippen LogP contribution in [0.25, 0.3) is 0 Å². The number of amides is 1. The molecule has 1 heterocycles. The summed E-state index contributed by atoms with van der Waals surface area (Å²) in [5, 5.41) is 5.88. The summed E-state index contributed by atoms with van der Waals surface area (Å²) in [4.78, 5) is 23.7. The second-order valence-corrected chi connectivity index (χ2v) is 5.34. The van der Waals surface area contributed by atoms with Gasteiger partial charge < -0.3 is 20.1 Å². The van der Waals surface area contributed by atoms with E-state index in [1.807, 2.05) is 0 Å². The summed E-state index contributed by atoms with van der Waals surface area (Å²) in [5.74, 6) is -0.558. The molecule has 0 spiro atoms. The van der Waals surface area contributed by atoms with Crippen molar-refractivity contribution < 1.29 is 19.1 Å². The molecular formula is C14H17BrN2O4. The van der Waals surface area contributed by atoms with Crippen molar-refractivity contribution in [1.29, 1.82) is 0 Å². The van der Waals surface area contributed by atoms with Crippen molar-refractivity contribution in [3.05, 3.63) is 28.2 Å². The van der Waals surface area contributed by atoms with Crippen molar-refractivity contribution in [2.24, 2.45) is 0 Å². The molecular weight excluding hydrogens is 340 g/mol.